The summed E-state index contributed by atoms with van der Waals surface area (Å²) in [4.78, 5) is 24.2. The molecule has 1 aromatic heterocycles. The van der Waals surface area contributed by atoms with Crippen molar-refractivity contribution >= 4 is 11.9 Å². The first kappa shape index (κ1) is 19.8. The lowest BCUT2D eigenvalue weighted by atomic mass is 9.95. The summed E-state index contributed by atoms with van der Waals surface area (Å²) in [6.07, 6.45) is 3.28. The number of nitrogens with one attached hydrogen (secondary N) is 2. The summed E-state index contributed by atoms with van der Waals surface area (Å²) in [5, 5.41) is 9.06. The summed E-state index contributed by atoms with van der Waals surface area (Å²) in [5.74, 6) is 10.1. The maximum atomic E-state index is 12.4. The summed E-state index contributed by atoms with van der Waals surface area (Å²) in [5.41, 5.74) is 6.82. The lowest BCUT2D eigenvalue weighted by molar-refractivity contribution is -0.144. The fourth-order valence-electron chi connectivity index (χ4n) is 2.11. The molecule has 2 rings (SSSR count). The molecule has 1 aromatic carbocycles. The Hall–Kier alpha value is -3.55. The third kappa shape index (κ3) is 5.74. The lowest BCUT2D eigenvalue weighted by Gasteiger charge is -2.28. The normalized spacial score (nSPS) is 11.3. The van der Waals surface area contributed by atoms with E-state index in [1.807, 2.05) is 0 Å². The van der Waals surface area contributed by atoms with E-state index in [0.717, 1.165) is 5.56 Å². The number of carbonyl (C=O) groups excluding carboxylic acids is 2. The number of H-pyrrole nitrogens is 1. The Kier molecular flexibility index (Phi) is 6.37. The Morgan fingerprint density at radius 1 is 1.19 bits per heavy atom. The maximum absolute atomic E-state index is 12.4. The Labute approximate surface area is 157 Å². The number of aromatic amines is 1. The van der Waals surface area contributed by atoms with Crippen molar-refractivity contribution in [1.29, 1.82) is 0 Å². The molecule has 0 aliphatic heterocycles. The van der Waals surface area contributed by atoms with Gasteiger partial charge in [0.25, 0.3) is 5.91 Å². The summed E-state index contributed by atoms with van der Waals surface area (Å²) in [6.45, 7) is 3.27. The van der Waals surface area contributed by atoms with E-state index in [1.54, 1.807) is 50.5 Å². The van der Waals surface area contributed by atoms with Gasteiger partial charge in [-0.2, -0.15) is 5.10 Å². The van der Waals surface area contributed by atoms with Crippen molar-refractivity contribution in [3.63, 3.8) is 0 Å². The van der Waals surface area contributed by atoms with E-state index < -0.39 is 23.5 Å². The monoisotopic (exact) mass is 364 g/mol. The molecule has 0 radical (unpaired) electrons. The average molecular weight is 364 g/mol. The highest BCUT2D eigenvalue weighted by molar-refractivity contribution is 5.97. The van der Waals surface area contributed by atoms with Gasteiger partial charge >= 0.3 is 5.97 Å². The minimum absolute atomic E-state index is 0.378. The van der Waals surface area contributed by atoms with E-state index in [2.05, 4.69) is 39.2 Å². The third-order valence-corrected chi connectivity index (χ3v) is 3.58. The van der Waals surface area contributed by atoms with Gasteiger partial charge in [0.15, 0.2) is 0 Å². The molecule has 0 bridgehead atoms. The molecule has 0 aliphatic rings. The van der Waals surface area contributed by atoms with Gasteiger partial charge in [0.05, 0.1) is 18.9 Å². The van der Waals surface area contributed by atoms with Crippen molar-refractivity contribution in [2.75, 3.05) is 7.11 Å². The second-order valence-electron chi connectivity index (χ2n) is 6.32. The van der Waals surface area contributed by atoms with Crippen molar-refractivity contribution in [1.82, 2.24) is 15.5 Å². The summed E-state index contributed by atoms with van der Waals surface area (Å²) >= 11 is 0. The Balaban J connectivity index is 2.06. The van der Waals surface area contributed by atoms with E-state index in [4.69, 9.17) is 10.5 Å². The smallest absolute Gasteiger partial charge is 0.330 e. The minimum atomic E-state index is -0.970. The van der Waals surface area contributed by atoms with Crippen molar-refractivity contribution < 1.29 is 14.3 Å². The number of aromatic nitrogens is 2. The van der Waals surface area contributed by atoms with Crippen LogP contribution in [0.3, 0.4) is 0 Å². The largest absolute Gasteiger partial charge is 0.467 e. The SMILES string of the molecule is COC(=O)C(NC(=O)c1ccc(C#CC#Cc2cn[nH]c2)cc1)C(C)(C)N. The molecule has 27 heavy (non-hydrogen) atoms. The Bertz CT molecular complexity index is 918. The second kappa shape index (κ2) is 8.70. The van der Waals surface area contributed by atoms with Crippen LogP contribution in [0.1, 0.15) is 35.3 Å². The Morgan fingerprint density at radius 3 is 2.33 bits per heavy atom. The molecule has 4 N–H and O–H groups in total. The van der Waals surface area contributed by atoms with Gasteiger partial charge in [-0.25, -0.2) is 4.79 Å². The summed E-state index contributed by atoms with van der Waals surface area (Å²) < 4.78 is 4.71. The zero-order valence-electron chi connectivity index (χ0n) is 15.3. The van der Waals surface area contributed by atoms with Gasteiger partial charge in [-0.05, 0) is 55.9 Å². The second-order valence-corrected chi connectivity index (χ2v) is 6.32. The zero-order chi connectivity index (χ0) is 19.9. The number of hydrogen-bond acceptors (Lipinski definition) is 5. The highest BCUT2D eigenvalue weighted by atomic mass is 16.5. The van der Waals surface area contributed by atoms with Crippen LogP contribution in [0.15, 0.2) is 36.7 Å². The number of amides is 1. The zero-order valence-corrected chi connectivity index (χ0v) is 15.3. The molecule has 1 heterocycles. The van der Waals surface area contributed by atoms with Crippen LogP contribution in [0.2, 0.25) is 0 Å². The topological polar surface area (TPSA) is 110 Å². The lowest BCUT2D eigenvalue weighted by Crippen LogP contribution is -2.59. The predicted molar refractivity (Wildman–Crippen MR) is 100 cm³/mol. The Morgan fingerprint density at radius 2 is 1.81 bits per heavy atom. The summed E-state index contributed by atoms with van der Waals surface area (Å²) in [7, 11) is 1.25. The molecule has 0 spiro atoms. The molecule has 1 atom stereocenters. The number of methoxy groups -OCH3 is 1. The fourth-order valence-corrected chi connectivity index (χ4v) is 2.11. The van der Waals surface area contributed by atoms with Crippen LogP contribution in [0.5, 0.6) is 0 Å². The fraction of sp³-hybridized carbons (Fsp3) is 0.250. The number of rotatable bonds is 4. The molecule has 138 valence electrons. The standard InChI is InChI=1S/C20H20N4O3/c1-20(2,21)17(19(26)27-3)24-18(25)16-10-8-14(9-11-16)6-4-5-7-15-12-22-23-13-15/h8-13,17H,21H2,1-3H3,(H,22,23)(H,24,25). The highest BCUT2D eigenvalue weighted by Crippen LogP contribution is 2.10. The first-order valence-corrected chi connectivity index (χ1v) is 8.09. The van der Waals surface area contributed by atoms with Gasteiger partial charge in [-0.3, -0.25) is 9.89 Å². The molecular formula is C20H20N4O3. The summed E-state index contributed by atoms with van der Waals surface area (Å²) in [6, 6.07) is 5.65. The van der Waals surface area contributed by atoms with E-state index in [-0.39, 0.29) is 0 Å². The van der Waals surface area contributed by atoms with E-state index in [1.165, 1.54) is 7.11 Å². The van der Waals surface area contributed by atoms with Gasteiger partial charge in [0, 0.05) is 22.9 Å². The number of esters is 1. The van der Waals surface area contributed by atoms with E-state index >= 15 is 0 Å². The van der Waals surface area contributed by atoms with Gasteiger partial charge in [0.1, 0.15) is 6.04 Å². The van der Waals surface area contributed by atoms with Crippen LogP contribution in [-0.2, 0) is 9.53 Å². The van der Waals surface area contributed by atoms with Crippen LogP contribution in [-0.4, -0.2) is 40.8 Å². The molecule has 0 aliphatic carbocycles. The number of hydrogen-bond donors (Lipinski definition) is 3. The van der Waals surface area contributed by atoms with Crippen LogP contribution in [0.4, 0.5) is 0 Å². The average Bonchev–Trinajstić information content (AvgIpc) is 3.15. The van der Waals surface area contributed by atoms with Gasteiger partial charge < -0.3 is 15.8 Å². The third-order valence-electron chi connectivity index (χ3n) is 3.58. The van der Waals surface area contributed by atoms with Crippen LogP contribution in [0, 0.1) is 23.7 Å². The van der Waals surface area contributed by atoms with Crippen molar-refractivity contribution in [3.8, 4) is 23.7 Å². The quantitative estimate of drug-likeness (QED) is 0.550. The first-order chi connectivity index (χ1) is 12.8. The molecule has 1 unspecified atom stereocenters. The molecule has 0 saturated carbocycles. The number of nitrogens with zero attached hydrogens (tertiary/aromatic N) is 1. The van der Waals surface area contributed by atoms with Gasteiger partial charge in [0.2, 0.25) is 0 Å². The molecule has 2 aromatic rings. The maximum Gasteiger partial charge on any atom is 0.330 e. The minimum Gasteiger partial charge on any atom is -0.467 e. The molecule has 0 fully saturated rings. The predicted octanol–water partition coefficient (Wildman–Crippen LogP) is 0.822. The molecule has 7 heteroatoms. The van der Waals surface area contributed by atoms with Crippen LogP contribution < -0.4 is 11.1 Å². The van der Waals surface area contributed by atoms with E-state index in [0.29, 0.717) is 11.1 Å². The first-order valence-electron chi connectivity index (χ1n) is 8.09. The number of benzene rings is 1. The van der Waals surface area contributed by atoms with Crippen LogP contribution in [0.25, 0.3) is 0 Å². The van der Waals surface area contributed by atoms with Crippen LogP contribution >= 0.6 is 0 Å². The van der Waals surface area contributed by atoms with E-state index in [9.17, 15) is 9.59 Å². The number of carbonyl (C=O) groups is 2. The molecule has 0 saturated heterocycles. The van der Waals surface area contributed by atoms with Crippen molar-refractivity contribution in [3.05, 3.63) is 53.3 Å². The molecule has 7 nitrogen and oxygen atoms in total. The number of ether oxygens (including phenoxy) is 1. The highest BCUT2D eigenvalue weighted by Gasteiger charge is 2.34. The molecule has 1 amide bonds. The van der Waals surface area contributed by atoms with Gasteiger partial charge in [-0.1, -0.05) is 5.92 Å². The van der Waals surface area contributed by atoms with Gasteiger partial charge in [-0.15, -0.1) is 0 Å². The number of nitrogens with two attached hydrogens (primary N) is 1. The van der Waals surface area contributed by atoms with Crippen molar-refractivity contribution in [2.45, 2.75) is 25.4 Å². The van der Waals surface area contributed by atoms with Crippen molar-refractivity contribution in [2.24, 2.45) is 5.73 Å². The molecular weight excluding hydrogens is 344 g/mol.